The summed E-state index contributed by atoms with van der Waals surface area (Å²) < 4.78 is 0. The van der Waals surface area contributed by atoms with E-state index in [0.29, 0.717) is 13.1 Å². The lowest BCUT2D eigenvalue weighted by molar-refractivity contribution is 0.865. The second kappa shape index (κ2) is 5.01. The van der Waals surface area contributed by atoms with E-state index in [1.54, 1.807) is 0 Å². The molecule has 0 aliphatic rings. The fourth-order valence-electron chi connectivity index (χ4n) is 0.191. The standard InChI is InChI=1S/C5H6N2/c1-2-4-7-5-3-6/h1,7H,4-5H2. The molecule has 0 aliphatic carbocycles. The molecule has 0 aromatic heterocycles. The van der Waals surface area contributed by atoms with Gasteiger partial charge in [0.15, 0.2) is 0 Å². The van der Waals surface area contributed by atoms with Crippen LogP contribution in [-0.4, -0.2) is 13.1 Å². The van der Waals surface area contributed by atoms with Crippen LogP contribution in [0.3, 0.4) is 0 Å². The van der Waals surface area contributed by atoms with E-state index in [2.05, 4.69) is 11.2 Å². The number of nitriles is 1. The Hall–Kier alpha value is -0.990. The van der Waals surface area contributed by atoms with Gasteiger partial charge < -0.3 is 0 Å². The van der Waals surface area contributed by atoms with Gasteiger partial charge in [0.05, 0.1) is 19.2 Å². The number of hydrogen-bond acceptors (Lipinski definition) is 2. The first kappa shape index (κ1) is 6.01. The van der Waals surface area contributed by atoms with Crippen molar-refractivity contribution < 1.29 is 0 Å². The predicted octanol–water partition coefficient (Wildman–Crippen LogP) is -0.267. The fourth-order valence-corrected chi connectivity index (χ4v) is 0.191. The molecule has 0 fully saturated rings. The molecule has 0 unspecified atom stereocenters. The minimum atomic E-state index is 0.337. The van der Waals surface area contributed by atoms with Crippen LogP contribution >= 0.6 is 0 Å². The lowest BCUT2D eigenvalue weighted by Gasteiger charge is -1.84. The van der Waals surface area contributed by atoms with E-state index in [1.165, 1.54) is 0 Å². The average Bonchev–Trinajstić information content (AvgIpc) is 1.69. The predicted molar refractivity (Wildman–Crippen MR) is 27.3 cm³/mol. The van der Waals surface area contributed by atoms with Crippen molar-refractivity contribution in [3.63, 3.8) is 0 Å². The summed E-state index contributed by atoms with van der Waals surface area (Å²) in [6.45, 7) is 0.817. The maximum atomic E-state index is 7.91. The van der Waals surface area contributed by atoms with Crippen molar-refractivity contribution in [1.82, 2.24) is 5.32 Å². The second-order valence-electron chi connectivity index (χ2n) is 0.966. The Morgan fingerprint density at radius 2 is 2.29 bits per heavy atom. The van der Waals surface area contributed by atoms with E-state index in [-0.39, 0.29) is 0 Å². The van der Waals surface area contributed by atoms with Gasteiger partial charge in [-0.3, -0.25) is 5.32 Å². The molecule has 0 bridgehead atoms. The summed E-state index contributed by atoms with van der Waals surface area (Å²) in [7, 11) is 0. The van der Waals surface area contributed by atoms with Gasteiger partial charge in [0.1, 0.15) is 0 Å². The highest BCUT2D eigenvalue weighted by Gasteiger charge is 1.72. The summed E-state index contributed by atoms with van der Waals surface area (Å²) >= 11 is 0. The van der Waals surface area contributed by atoms with Crippen LogP contribution < -0.4 is 5.32 Å². The minimum Gasteiger partial charge on any atom is -0.294 e. The van der Waals surface area contributed by atoms with Gasteiger partial charge in [0.25, 0.3) is 0 Å². The molecule has 0 heterocycles. The van der Waals surface area contributed by atoms with Crippen LogP contribution in [0.5, 0.6) is 0 Å². The number of hydrogen-bond donors (Lipinski definition) is 1. The molecule has 0 aromatic rings. The monoisotopic (exact) mass is 94.1 g/mol. The summed E-state index contributed by atoms with van der Waals surface area (Å²) in [5, 5.41) is 10.6. The number of terminal acetylenes is 1. The van der Waals surface area contributed by atoms with Gasteiger partial charge in [-0.15, -0.1) is 6.42 Å². The highest BCUT2D eigenvalue weighted by molar-refractivity contribution is 4.88. The number of rotatable bonds is 2. The molecule has 0 aliphatic heterocycles. The molecule has 7 heavy (non-hydrogen) atoms. The van der Waals surface area contributed by atoms with Gasteiger partial charge in [-0.1, -0.05) is 5.92 Å². The van der Waals surface area contributed by atoms with Gasteiger partial charge >= 0.3 is 0 Å². The van der Waals surface area contributed by atoms with Crippen molar-refractivity contribution >= 4 is 0 Å². The quantitative estimate of drug-likeness (QED) is 0.290. The van der Waals surface area contributed by atoms with Gasteiger partial charge in [0, 0.05) is 0 Å². The van der Waals surface area contributed by atoms with Crippen molar-refractivity contribution in [2.45, 2.75) is 0 Å². The Kier molecular flexibility index (Phi) is 4.30. The summed E-state index contributed by atoms with van der Waals surface area (Å²) in [5.41, 5.74) is 0. The van der Waals surface area contributed by atoms with E-state index in [0.717, 1.165) is 0 Å². The van der Waals surface area contributed by atoms with Gasteiger partial charge in [-0.2, -0.15) is 5.26 Å². The molecule has 0 saturated carbocycles. The zero-order valence-corrected chi connectivity index (χ0v) is 3.94. The fraction of sp³-hybridized carbons (Fsp3) is 0.400. The Balaban J connectivity index is 2.77. The van der Waals surface area contributed by atoms with Crippen molar-refractivity contribution in [3.05, 3.63) is 0 Å². The molecule has 0 rings (SSSR count). The largest absolute Gasteiger partial charge is 0.294 e. The van der Waals surface area contributed by atoms with Gasteiger partial charge in [-0.25, -0.2) is 0 Å². The van der Waals surface area contributed by atoms with Crippen LogP contribution in [-0.2, 0) is 0 Å². The molecule has 0 atom stereocenters. The lowest BCUT2D eigenvalue weighted by atomic mass is 10.6. The maximum absolute atomic E-state index is 7.91. The number of nitrogens with one attached hydrogen (secondary N) is 1. The zero-order chi connectivity index (χ0) is 5.54. The van der Waals surface area contributed by atoms with E-state index in [4.69, 9.17) is 11.7 Å². The smallest absolute Gasteiger partial charge is 0.0848 e. The third kappa shape index (κ3) is 5.01. The van der Waals surface area contributed by atoms with Gasteiger partial charge in [0.2, 0.25) is 0 Å². The van der Waals surface area contributed by atoms with Gasteiger partial charge in [-0.05, 0) is 0 Å². The van der Waals surface area contributed by atoms with Crippen LogP contribution in [0.2, 0.25) is 0 Å². The van der Waals surface area contributed by atoms with E-state index < -0.39 is 0 Å². The maximum Gasteiger partial charge on any atom is 0.0848 e. The molecule has 0 spiro atoms. The lowest BCUT2D eigenvalue weighted by Crippen LogP contribution is -2.12. The molecule has 0 saturated heterocycles. The van der Waals surface area contributed by atoms with Crippen molar-refractivity contribution in [1.29, 1.82) is 5.26 Å². The van der Waals surface area contributed by atoms with Crippen LogP contribution in [0.25, 0.3) is 0 Å². The Morgan fingerprint density at radius 1 is 1.57 bits per heavy atom. The molecule has 0 aromatic carbocycles. The van der Waals surface area contributed by atoms with E-state index >= 15 is 0 Å². The number of nitrogens with zero attached hydrogens (tertiary/aromatic N) is 1. The molecule has 0 radical (unpaired) electrons. The molecule has 1 N–H and O–H groups in total. The molecule has 2 heteroatoms. The Labute approximate surface area is 43.1 Å². The first-order chi connectivity index (χ1) is 3.41. The van der Waals surface area contributed by atoms with Crippen LogP contribution in [0.15, 0.2) is 0 Å². The summed E-state index contributed by atoms with van der Waals surface area (Å²) in [6, 6.07) is 1.90. The minimum absolute atomic E-state index is 0.337. The average molecular weight is 94.1 g/mol. The second-order valence-corrected chi connectivity index (χ2v) is 0.966. The molecule has 2 nitrogen and oxygen atoms in total. The molecular formula is C5H6N2. The normalized spacial score (nSPS) is 6.57. The third-order valence-corrected chi connectivity index (χ3v) is 0.431. The topological polar surface area (TPSA) is 35.8 Å². The van der Waals surface area contributed by atoms with Crippen LogP contribution in [0, 0.1) is 23.7 Å². The zero-order valence-electron chi connectivity index (χ0n) is 3.94. The summed E-state index contributed by atoms with van der Waals surface area (Å²) in [5.74, 6) is 2.34. The summed E-state index contributed by atoms with van der Waals surface area (Å²) in [6.07, 6.45) is 4.85. The van der Waals surface area contributed by atoms with E-state index in [1.807, 2.05) is 6.07 Å². The van der Waals surface area contributed by atoms with Crippen molar-refractivity contribution in [2.24, 2.45) is 0 Å². The molecular weight excluding hydrogens is 88.1 g/mol. The highest BCUT2D eigenvalue weighted by Crippen LogP contribution is 1.50. The first-order valence-corrected chi connectivity index (χ1v) is 1.93. The molecule has 0 amide bonds. The van der Waals surface area contributed by atoms with E-state index in [9.17, 15) is 0 Å². The van der Waals surface area contributed by atoms with Crippen molar-refractivity contribution in [2.75, 3.05) is 13.1 Å². The van der Waals surface area contributed by atoms with Crippen LogP contribution in [0.4, 0.5) is 0 Å². The highest BCUT2D eigenvalue weighted by atomic mass is 14.8. The SMILES string of the molecule is C#CCNCC#N. The Bertz CT molecular complexity index is 90.2. The first-order valence-electron chi connectivity index (χ1n) is 1.93. The van der Waals surface area contributed by atoms with Crippen molar-refractivity contribution in [3.8, 4) is 18.4 Å². The molecule has 36 valence electrons. The third-order valence-electron chi connectivity index (χ3n) is 0.431. The van der Waals surface area contributed by atoms with Crippen LogP contribution in [0.1, 0.15) is 0 Å². The Morgan fingerprint density at radius 3 is 2.71 bits per heavy atom. The summed E-state index contributed by atoms with van der Waals surface area (Å²) in [4.78, 5) is 0.